The van der Waals surface area contributed by atoms with Gasteiger partial charge in [-0.1, -0.05) is 91.0 Å². The zero-order valence-electron chi connectivity index (χ0n) is 26.1. The molecule has 0 N–H and O–H groups in total. The number of rotatable bonds is 4. The first-order valence-corrected chi connectivity index (χ1v) is 17.4. The summed E-state index contributed by atoms with van der Waals surface area (Å²) in [6.07, 6.45) is 4.32. The number of nitrogens with zero attached hydrogens (tertiary/aromatic N) is 1. The van der Waals surface area contributed by atoms with Gasteiger partial charge in [-0.05, 0) is 124 Å². The average molecular weight is 604 g/mol. The van der Waals surface area contributed by atoms with Gasteiger partial charge in [-0.15, -0.1) is 0 Å². The Hall–Kier alpha value is -5.08. The predicted octanol–water partition coefficient (Wildman–Crippen LogP) is 11.7. The number of benzene rings is 6. The Kier molecular flexibility index (Phi) is 4.50. The van der Waals surface area contributed by atoms with Gasteiger partial charge >= 0.3 is 0 Å². The number of hydrogen-bond donors (Lipinski definition) is 0. The summed E-state index contributed by atoms with van der Waals surface area (Å²) < 4.78 is 6.39. The molecule has 7 aromatic rings. The van der Waals surface area contributed by atoms with Gasteiger partial charge in [-0.3, -0.25) is 0 Å². The molecule has 0 amide bonds. The van der Waals surface area contributed by atoms with Crippen LogP contribution < -0.4 is 4.90 Å². The Labute approximate surface area is 274 Å². The fraction of sp³-hybridized carbons (Fsp3) is 0.200. The second-order valence-corrected chi connectivity index (χ2v) is 14.8. The van der Waals surface area contributed by atoms with Crippen molar-refractivity contribution in [1.82, 2.24) is 0 Å². The van der Waals surface area contributed by atoms with Crippen LogP contribution in [0.15, 0.2) is 144 Å². The van der Waals surface area contributed by atoms with Crippen molar-refractivity contribution in [3.63, 3.8) is 0 Å². The monoisotopic (exact) mass is 603 g/mol. The first kappa shape index (κ1) is 25.1. The summed E-state index contributed by atoms with van der Waals surface area (Å²) in [5.74, 6) is 3.59. The third-order valence-corrected chi connectivity index (χ3v) is 13.5. The molecule has 0 radical (unpaired) electrons. The van der Waals surface area contributed by atoms with E-state index in [1.54, 1.807) is 11.1 Å². The first-order chi connectivity index (χ1) is 23.3. The van der Waals surface area contributed by atoms with Crippen LogP contribution in [0.3, 0.4) is 0 Å². The molecule has 47 heavy (non-hydrogen) atoms. The van der Waals surface area contributed by atoms with Gasteiger partial charge in [0.15, 0.2) is 0 Å². The van der Waals surface area contributed by atoms with Gasteiger partial charge in [0.05, 0.1) is 0 Å². The third-order valence-electron chi connectivity index (χ3n) is 13.5. The van der Waals surface area contributed by atoms with E-state index >= 15 is 0 Å². The van der Waals surface area contributed by atoms with Crippen LogP contribution in [0.2, 0.25) is 0 Å². The highest BCUT2D eigenvalue weighted by molar-refractivity contribution is 6.06. The van der Waals surface area contributed by atoms with Crippen molar-refractivity contribution in [1.29, 1.82) is 0 Å². The van der Waals surface area contributed by atoms with Crippen LogP contribution in [0.4, 0.5) is 17.1 Å². The maximum Gasteiger partial charge on any atom is 0.137 e. The van der Waals surface area contributed by atoms with E-state index in [2.05, 4.69) is 138 Å². The fourth-order valence-corrected chi connectivity index (χ4v) is 11.9. The van der Waals surface area contributed by atoms with Gasteiger partial charge in [0, 0.05) is 39.3 Å². The van der Waals surface area contributed by atoms with E-state index in [9.17, 15) is 0 Å². The van der Waals surface area contributed by atoms with E-state index in [1.165, 1.54) is 47.2 Å². The van der Waals surface area contributed by atoms with E-state index in [0.717, 1.165) is 57.0 Å². The zero-order valence-corrected chi connectivity index (χ0v) is 26.1. The minimum Gasteiger partial charge on any atom is -0.456 e. The summed E-state index contributed by atoms with van der Waals surface area (Å²) in [5, 5.41) is 2.32. The predicted molar refractivity (Wildman–Crippen MR) is 190 cm³/mol. The fourth-order valence-electron chi connectivity index (χ4n) is 11.9. The SMILES string of the molecule is c1ccc(-c2cccc3c2-c2cc(N(c4ccccc4)c4ccc5c(c4)oc4ccccc45)ccc2C32C3CC4CC5CC2C453)cc1. The van der Waals surface area contributed by atoms with E-state index in [0.29, 0.717) is 5.41 Å². The van der Waals surface area contributed by atoms with Gasteiger partial charge in [-0.2, -0.15) is 0 Å². The summed E-state index contributed by atoms with van der Waals surface area (Å²) in [4.78, 5) is 2.41. The molecule has 4 fully saturated rings. The summed E-state index contributed by atoms with van der Waals surface area (Å²) in [5.41, 5.74) is 14.9. The molecule has 4 atom stereocenters. The molecule has 1 aromatic heterocycles. The lowest BCUT2D eigenvalue weighted by Gasteiger charge is -2.92. The maximum absolute atomic E-state index is 6.39. The smallest absolute Gasteiger partial charge is 0.137 e. The molecule has 0 aliphatic heterocycles. The summed E-state index contributed by atoms with van der Waals surface area (Å²) >= 11 is 0. The average Bonchev–Trinajstić information content (AvgIpc) is 3.61. The van der Waals surface area contributed by atoms with Gasteiger partial charge in [0.25, 0.3) is 0 Å². The van der Waals surface area contributed by atoms with Crippen LogP contribution in [0, 0.1) is 29.1 Å². The molecule has 4 saturated carbocycles. The van der Waals surface area contributed by atoms with Gasteiger partial charge in [0.2, 0.25) is 0 Å². The number of hydrogen-bond acceptors (Lipinski definition) is 2. The molecule has 6 aromatic carbocycles. The molecule has 2 spiro atoms. The third kappa shape index (κ3) is 2.76. The summed E-state index contributed by atoms with van der Waals surface area (Å²) in [6, 6.07) is 51.6. The Morgan fingerprint density at radius 1 is 0.511 bits per heavy atom. The lowest BCUT2D eigenvalue weighted by atomic mass is 9.11. The van der Waals surface area contributed by atoms with E-state index < -0.39 is 0 Å². The molecule has 2 heteroatoms. The van der Waals surface area contributed by atoms with Crippen LogP contribution in [0.25, 0.3) is 44.2 Å². The summed E-state index contributed by atoms with van der Waals surface area (Å²) in [6.45, 7) is 0. The second kappa shape index (κ2) is 8.44. The largest absolute Gasteiger partial charge is 0.456 e. The highest BCUT2D eigenvalue weighted by Gasteiger charge is 2.90. The van der Waals surface area contributed by atoms with Gasteiger partial charge in [-0.25, -0.2) is 0 Å². The first-order valence-electron chi connectivity index (χ1n) is 17.4. The normalized spacial score (nSPS) is 28.3. The number of anilines is 3. The molecule has 0 bridgehead atoms. The standard InChI is InChI=1S/C45H33NO/c1-3-10-27(11-4-1)33-15-9-16-38-43(33)36-25-31(19-21-37(36)45(38)41-23-28-22-29-24-42(45)44(28,29)41)46(30-12-5-2-6-13-30)32-18-20-35-34-14-7-8-17-39(34)47-40(35)26-32/h1-21,25-26,28-29,41-42H,22-24H2. The number of fused-ring (bicyclic) bond motifs is 10. The Bertz CT molecular complexity index is 2420. The van der Waals surface area contributed by atoms with Crippen molar-refractivity contribution in [2.24, 2.45) is 29.1 Å². The van der Waals surface area contributed by atoms with Crippen molar-refractivity contribution >= 4 is 39.0 Å². The molecular formula is C45H33NO. The zero-order chi connectivity index (χ0) is 30.5. The quantitative estimate of drug-likeness (QED) is 0.199. The van der Waals surface area contributed by atoms with Crippen molar-refractivity contribution in [2.75, 3.05) is 4.90 Å². The van der Waals surface area contributed by atoms with Crippen molar-refractivity contribution in [3.05, 3.63) is 151 Å². The number of furan rings is 1. The van der Waals surface area contributed by atoms with Gasteiger partial charge < -0.3 is 9.32 Å². The van der Waals surface area contributed by atoms with E-state index in [4.69, 9.17) is 4.42 Å². The molecule has 224 valence electrons. The van der Waals surface area contributed by atoms with E-state index in [1.807, 2.05) is 6.07 Å². The Morgan fingerprint density at radius 2 is 1.21 bits per heavy atom. The summed E-state index contributed by atoms with van der Waals surface area (Å²) in [7, 11) is 0. The Balaban J connectivity index is 1.09. The molecule has 0 saturated heterocycles. The molecule has 1 heterocycles. The van der Waals surface area contributed by atoms with Crippen molar-refractivity contribution in [2.45, 2.75) is 24.7 Å². The van der Waals surface area contributed by atoms with Crippen LogP contribution >= 0.6 is 0 Å². The lowest BCUT2D eigenvalue weighted by molar-refractivity contribution is -0.412. The van der Waals surface area contributed by atoms with Crippen molar-refractivity contribution in [3.8, 4) is 22.3 Å². The Morgan fingerprint density at radius 3 is 2.02 bits per heavy atom. The van der Waals surface area contributed by atoms with Crippen LogP contribution in [0.1, 0.15) is 30.4 Å². The van der Waals surface area contributed by atoms with Crippen LogP contribution in [-0.4, -0.2) is 0 Å². The maximum atomic E-state index is 6.39. The molecule has 5 aliphatic carbocycles. The van der Waals surface area contributed by atoms with E-state index in [-0.39, 0.29) is 5.41 Å². The minimum absolute atomic E-state index is 0.173. The highest BCUT2D eigenvalue weighted by atomic mass is 16.3. The van der Waals surface area contributed by atoms with Gasteiger partial charge in [0.1, 0.15) is 11.2 Å². The van der Waals surface area contributed by atoms with Crippen LogP contribution in [-0.2, 0) is 5.41 Å². The molecule has 2 nitrogen and oxygen atoms in total. The minimum atomic E-state index is 0.173. The molecule has 5 aliphatic rings. The molecular weight excluding hydrogens is 571 g/mol. The molecule has 4 unspecified atom stereocenters. The van der Waals surface area contributed by atoms with Crippen LogP contribution in [0.5, 0.6) is 0 Å². The highest BCUT2D eigenvalue weighted by Crippen LogP contribution is 2.95. The second-order valence-electron chi connectivity index (χ2n) is 14.8. The van der Waals surface area contributed by atoms with Crippen molar-refractivity contribution < 1.29 is 4.42 Å². The molecule has 12 rings (SSSR count). The lowest BCUT2D eigenvalue weighted by Crippen LogP contribution is -2.88. The topological polar surface area (TPSA) is 16.4 Å². The number of para-hydroxylation sites is 2.